The molecule has 0 heterocycles. The van der Waals surface area contributed by atoms with Crippen molar-refractivity contribution in [2.75, 3.05) is 13.2 Å². The molecule has 2 unspecified atom stereocenters. The molecule has 0 radical (unpaired) electrons. The molecule has 2 amide bonds. The molecule has 2 atom stereocenters. The molecule has 0 bridgehead atoms. The fourth-order valence-corrected chi connectivity index (χ4v) is 3.83. The average molecular weight is 451 g/mol. The van der Waals surface area contributed by atoms with Crippen LogP contribution in [0.1, 0.15) is 44.2 Å². The van der Waals surface area contributed by atoms with Crippen LogP contribution < -0.4 is 10.6 Å². The molecular weight excluding hydrogens is 420 g/mol. The lowest BCUT2D eigenvalue weighted by molar-refractivity contribution is -0.141. The Kier molecular flexibility index (Phi) is 7.87. The van der Waals surface area contributed by atoms with Crippen LogP contribution in [-0.4, -0.2) is 42.3 Å². The summed E-state index contributed by atoms with van der Waals surface area (Å²) in [6.07, 6.45) is 1.43. The molecule has 2 aromatic rings. The van der Waals surface area contributed by atoms with Gasteiger partial charge in [0.1, 0.15) is 12.6 Å². The Morgan fingerprint density at radius 1 is 1.03 bits per heavy atom. The number of carboxylic acid groups (broad SMARTS) is 1. The van der Waals surface area contributed by atoms with E-state index in [-0.39, 0.29) is 25.5 Å². The fraction of sp³-hybridized carbons (Fsp3) is 0.346. The van der Waals surface area contributed by atoms with Crippen LogP contribution in [-0.2, 0) is 14.3 Å². The van der Waals surface area contributed by atoms with Crippen LogP contribution in [0.2, 0.25) is 0 Å². The molecule has 0 saturated carbocycles. The molecule has 0 saturated heterocycles. The van der Waals surface area contributed by atoms with Crippen LogP contribution in [0.25, 0.3) is 11.1 Å². The van der Waals surface area contributed by atoms with Crippen LogP contribution in [0.15, 0.2) is 60.2 Å². The maximum absolute atomic E-state index is 12.6. The monoisotopic (exact) mass is 450 g/mol. The summed E-state index contributed by atoms with van der Waals surface area (Å²) < 4.78 is 5.55. The van der Waals surface area contributed by atoms with Gasteiger partial charge in [0, 0.05) is 12.5 Å². The van der Waals surface area contributed by atoms with Crippen molar-refractivity contribution in [3.05, 3.63) is 71.3 Å². The van der Waals surface area contributed by atoms with Crippen LogP contribution in [0.5, 0.6) is 0 Å². The first-order valence-electron chi connectivity index (χ1n) is 11.0. The van der Waals surface area contributed by atoms with Crippen molar-refractivity contribution in [1.29, 1.82) is 0 Å². The van der Waals surface area contributed by atoms with Crippen molar-refractivity contribution in [3.8, 4) is 11.1 Å². The summed E-state index contributed by atoms with van der Waals surface area (Å²) in [5, 5.41) is 14.2. The van der Waals surface area contributed by atoms with Crippen molar-refractivity contribution < 1.29 is 24.2 Å². The van der Waals surface area contributed by atoms with E-state index in [4.69, 9.17) is 9.84 Å². The van der Waals surface area contributed by atoms with E-state index in [9.17, 15) is 14.4 Å². The molecule has 0 fully saturated rings. The maximum Gasteiger partial charge on any atom is 0.407 e. The molecule has 7 nitrogen and oxygen atoms in total. The smallest absolute Gasteiger partial charge is 0.407 e. The summed E-state index contributed by atoms with van der Waals surface area (Å²) >= 11 is 0. The zero-order valence-corrected chi connectivity index (χ0v) is 19.1. The fourth-order valence-electron chi connectivity index (χ4n) is 3.83. The maximum atomic E-state index is 12.6. The molecule has 1 aliphatic carbocycles. The molecule has 174 valence electrons. The molecule has 0 spiro atoms. The lowest BCUT2D eigenvalue weighted by Gasteiger charge is -2.19. The van der Waals surface area contributed by atoms with Crippen molar-refractivity contribution in [3.63, 3.8) is 0 Å². The SMILES string of the molecule is CC(C)=CCC(NC(=O)OCC1c2ccccc2-c2ccccc21)C(=O)NCC(C)C(=O)O. The number of hydrogen-bond acceptors (Lipinski definition) is 4. The quantitative estimate of drug-likeness (QED) is 0.499. The van der Waals surface area contributed by atoms with E-state index < -0.39 is 29.9 Å². The van der Waals surface area contributed by atoms with Gasteiger partial charge in [-0.05, 0) is 42.5 Å². The number of carbonyl (C=O) groups is 3. The Morgan fingerprint density at radius 2 is 1.61 bits per heavy atom. The number of amides is 2. The summed E-state index contributed by atoms with van der Waals surface area (Å²) in [6.45, 7) is 5.43. The van der Waals surface area contributed by atoms with Gasteiger partial charge in [-0.25, -0.2) is 4.79 Å². The minimum absolute atomic E-state index is 0.0220. The van der Waals surface area contributed by atoms with Crippen molar-refractivity contribution in [1.82, 2.24) is 10.6 Å². The van der Waals surface area contributed by atoms with E-state index in [1.807, 2.05) is 56.3 Å². The Balaban J connectivity index is 1.65. The van der Waals surface area contributed by atoms with E-state index in [1.54, 1.807) is 0 Å². The third kappa shape index (κ3) is 6.00. The number of carbonyl (C=O) groups excluding carboxylic acids is 2. The topological polar surface area (TPSA) is 105 Å². The Bertz CT molecular complexity index is 1010. The highest BCUT2D eigenvalue weighted by Gasteiger charge is 2.29. The van der Waals surface area contributed by atoms with Gasteiger partial charge in [0.15, 0.2) is 0 Å². The Hall–Kier alpha value is -3.61. The number of fused-ring (bicyclic) bond motifs is 3. The number of carboxylic acids is 1. The molecule has 33 heavy (non-hydrogen) atoms. The Labute approximate surface area is 193 Å². The van der Waals surface area contributed by atoms with Crippen LogP contribution in [0, 0.1) is 5.92 Å². The van der Waals surface area contributed by atoms with Gasteiger partial charge in [-0.2, -0.15) is 0 Å². The summed E-state index contributed by atoms with van der Waals surface area (Å²) in [5.41, 5.74) is 5.48. The van der Waals surface area contributed by atoms with Gasteiger partial charge in [0.2, 0.25) is 5.91 Å². The zero-order valence-electron chi connectivity index (χ0n) is 19.1. The normalized spacial score (nSPS) is 13.8. The highest BCUT2D eigenvalue weighted by Crippen LogP contribution is 2.44. The van der Waals surface area contributed by atoms with Crippen LogP contribution in [0.4, 0.5) is 4.79 Å². The minimum Gasteiger partial charge on any atom is -0.481 e. The summed E-state index contributed by atoms with van der Waals surface area (Å²) in [7, 11) is 0. The number of nitrogens with one attached hydrogen (secondary N) is 2. The summed E-state index contributed by atoms with van der Waals surface area (Å²) in [5.74, 6) is -2.26. The molecule has 0 aliphatic heterocycles. The molecule has 0 aromatic heterocycles. The standard InChI is InChI=1S/C26H30N2O5/c1-16(2)12-13-23(24(29)27-14-17(3)25(30)31)28-26(32)33-15-22-20-10-6-4-8-18(20)19-9-5-7-11-21(19)22/h4-12,17,22-23H,13-15H2,1-3H3,(H,27,29)(H,28,32)(H,30,31). The van der Waals surface area contributed by atoms with Gasteiger partial charge in [0.25, 0.3) is 0 Å². The van der Waals surface area contributed by atoms with Gasteiger partial charge < -0.3 is 20.5 Å². The lowest BCUT2D eigenvalue weighted by Crippen LogP contribution is -2.48. The van der Waals surface area contributed by atoms with Crippen LogP contribution in [0.3, 0.4) is 0 Å². The molecule has 1 aliphatic rings. The first-order chi connectivity index (χ1) is 15.8. The van der Waals surface area contributed by atoms with E-state index >= 15 is 0 Å². The number of aliphatic carboxylic acids is 1. The van der Waals surface area contributed by atoms with E-state index in [0.717, 1.165) is 27.8 Å². The molecule has 3 rings (SSSR count). The van der Waals surface area contributed by atoms with Crippen LogP contribution >= 0.6 is 0 Å². The van der Waals surface area contributed by atoms with Crippen molar-refractivity contribution in [2.24, 2.45) is 5.92 Å². The lowest BCUT2D eigenvalue weighted by atomic mass is 9.98. The van der Waals surface area contributed by atoms with Gasteiger partial charge >= 0.3 is 12.1 Å². The van der Waals surface area contributed by atoms with Crippen molar-refractivity contribution in [2.45, 2.75) is 39.2 Å². The van der Waals surface area contributed by atoms with Crippen molar-refractivity contribution >= 4 is 18.0 Å². The molecule has 2 aromatic carbocycles. The highest BCUT2D eigenvalue weighted by atomic mass is 16.5. The number of ether oxygens (including phenoxy) is 1. The highest BCUT2D eigenvalue weighted by molar-refractivity contribution is 5.86. The first-order valence-corrected chi connectivity index (χ1v) is 11.0. The number of rotatable bonds is 9. The van der Waals surface area contributed by atoms with Gasteiger partial charge in [-0.1, -0.05) is 67.1 Å². The molecule has 7 heteroatoms. The van der Waals surface area contributed by atoms with Gasteiger partial charge in [-0.3, -0.25) is 9.59 Å². The second-order valence-corrected chi connectivity index (χ2v) is 8.52. The van der Waals surface area contributed by atoms with E-state index in [1.165, 1.54) is 6.92 Å². The summed E-state index contributed by atoms with van der Waals surface area (Å²) in [4.78, 5) is 36.2. The second-order valence-electron chi connectivity index (χ2n) is 8.52. The third-order valence-electron chi connectivity index (χ3n) is 5.72. The first kappa shape index (κ1) is 24.0. The van der Waals surface area contributed by atoms with Gasteiger partial charge in [-0.15, -0.1) is 0 Å². The predicted molar refractivity (Wildman–Crippen MR) is 126 cm³/mol. The summed E-state index contributed by atoms with van der Waals surface area (Å²) in [6, 6.07) is 15.2. The zero-order chi connectivity index (χ0) is 24.0. The number of hydrogen-bond donors (Lipinski definition) is 3. The number of allylic oxidation sites excluding steroid dienone is 1. The third-order valence-corrected chi connectivity index (χ3v) is 5.72. The number of benzene rings is 2. The Morgan fingerprint density at radius 3 is 2.15 bits per heavy atom. The number of alkyl carbamates (subject to hydrolysis) is 1. The molecule has 3 N–H and O–H groups in total. The molecular formula is C26H30N2O5. The second kappa shape index (κ2) is 10.8. The average Bonchev–Trinajstić information content (AvgIpc) is 3.12. The predicted octanol–water partition coefficient (Wildman–Crippen LogP) is 4.09. The minimum atomic E-state index is -0.999. The van der Waals surface area contributed by atoms with E-state index in [0.29, 0.717) is 0 Å². The van der Waals surface area contributed by atoms with E-state index in [2.05, 4.69) is 22.8 Å². The van der Waals surface area contributed by atoms with Gasteiger partial charge in [0.05, 0.1) is 5.92 Å². The largest absolute Gasteiger partial charge is 0.481 e.